The highest BCUT2D eigenvalue weighted by atomic mass is 32.1. The van der Waals surface area contributed by atoms with Crippen molar-refractivity contribution in [3.63, 3.8) is 0 Å². The minimum atomic E-state index is 1.12. The molecule has 62 heavy (non-hydrogen) atoms. The topological polar surface area (TPSA) is 8.17 Å². The second kappa shape index (κ2) is 14.0. The fourth-order valence-electron chi connectivity index (χ4n) is 9.75. The zero-order chi connectivity index (χ0) is 40.7. The molecule has 0 saturated carbocycles. The molecule has 13 aromatic rings. The van der Waals surface area contributed by atoms with Crippen molar-refractivity contribution >= 4 is 113 Å². The van der Waals surface area contributed by atoms with Crippen molar-refractivity contribution in [3.8, 4) is 27.9 Å². The van der Waals surface area contributed by atoms with E-state index in [1.807, 2.05) is 22.7 Å². The van der Waals surface area contributed by atoms with Gasteiger partial charge in [-0.25, -0.2) is 0 Å². The van der Waals surface area contributed by atoms with Crippen LogP contribution in [0.4, 0.5) is 17.1 Å². The van der Waals surface area contributed by atoms with Gasteiger partial charge >= 0.3 is 0 Å². The third kappa shape index (κ3) is 5.47. The van der Waals surface area contributed by atoms with Crippen LogP contribution in [0, 0.1) is 0 Å². The lowest BCUT2D eigenvalue weighted by Gasteiger charge is -2.27. The van der Waals surface area contributed by atoms with E-state index < -0.39 is 0 Å². The molecule has 3 aromatic heterocycles. The number of benzene rings is 10. The van der Waals surface area contributed by atoms with Crippen molar-refractivity contribution in [1.29, 1.82) is 0 Å². The molecule has 0 saturated heterocycles. The maximum Gasteiger partial charge on any atom is 0.0619 e. The number of hydrogen-bond donors (Lipinski definition) is 0. The molecule has 0 unspecified atom stereocenters. The van der Waals surface area contributed by atoms with Gasteiger partial charge in [0.1, 0.15) is 0 Å². The van der Waals surface area contributed by atoms with Gasteiger partial charge in [-0.3, -0.25) is 0 Å². The first-order chi connectivity index (χ1) is 30.7. The van der Waals surface area contributed by atoms with Crippen LogP contribution in [0.2, 0.25) is 0 Å². The van der Waals surface area contributed by atoms with Crippen LogP contribution in [0.3, 0.4) is 0 Å². The molecule has 3 heterocycles. The largest absolute Gasteiger partial charge is 0.310 e. The molecule has 2 nitrogen and oxygen atoms in total. The van der Waals surface area contributed by atoms with Gasteiger partial charge in [-0.2, -0.15) is 0 Å². The molecule has 0 aliphatic carbocycles. The number of para-hydroxylation sites is 1. The van der Waals surface area contributed by atoms with E-state index in [0.717, 1.165) is 17.1 Å². The van der Waals surface area contributed by atoms with Gasteiger partial charge in [0.25, 0.3) is 0 Å². The highest BCUT2D eigenvalue weighted by Crippen LogP contribution is 2.48. The van der Waals surface area contributed by atoms with E-state index in [1.165, 1.54) is 101 Å². The van der Waals surface area contributed by atoms with E-state index in [0.29, 0.717) is 0 Å². The lowest BCUT2D eigenvalue weighted by Crippen LogP contribution is -2.10. The van der Waals surface area contributed by atoms with Gasteiger partial charge in [0.05, 0.1) is 16.7 Å². The molecule has 0 aliphatic rings. The van der Waals surface area contributed by atoms with E-state index in [9.17, 15) is 0 Å². The second-order valence-electron chi connectivity index (χ2n) is 16.0. The van der Waals surface area contributed by atoms with Gasteiger partial charge in [-0.15, -0.1) is 22.7 Å². The maximum absolute atomic E-state index is 2.47. The highest BCUT2D eigenvalue weighted by molar-refractivity contribution is 7.26. The van der Waals surface area contributed by atoms with Crippen LogP contribution in [0.1, 0.15) is 0 Å². The molecular formula is C58H36N2S2. The van der Waals surface area contributed by atoms with Crippen LogP contribution < -0.4 is 4.90 Å². The minimum absolute atomic E-state index is 1.12. The molecule has 0 N–H and O–H groups in total. The fraction of sp³-hybridized carbons (Fsp3) is 0. The number of fused-ring (bicyclic) bond motifs is 11. The molecule has 0 radical (unpaired) electrons. The van der Waals surface area contributed by atoms with Crippen LogP contribution in [0.5, 0.6) is 0 Å². The number of nitrogens with zero attached hydrogens (tertiary/aromatic N) is 2. The first-order valence-electron chi connectivity index (χ1n) is 21.1. The summed E-state index contributed by atoms with van der Waals surface area (Å²) in [6.07, 6.45) is 0. The summed E-state index contributed by atoms with van der Waals surface area (Å²) in [7, 11) is 0. The Labute approximate surface area is 366 Å². The Morgan fingerprint density at radius 2 is 1.05 bits per heavy atom. The molecule has 0 aliphatic heterocycles. The first-order valence-corrected chi connectivity index (χ1v) is 22.7. The third-order valence-corrected chi connectivity index (χ3v) is 14.9. The average Bonchev–Trinajstić information content (AvgIpc) is 4.02. The summed E-state index contributed by atoms with van der Waals surface area (Å²) in [5, 5.41) is 10.2. The Morgan fingerprint density at radius 1 is 0.371 bits per heavy atom. The molecule has 290 valence electrons. The van der Waals surface area contributed by atoms with Crippen LogP contribution in [-0.2, 0) is 0 Å². The van der Waals surface area contributed by atoms with Gasteiger partial charge in [0, 0.05) is 73.6 Å². The van der Waals surface area contributed by atoms with Gasteiger partial charge in [-0.1, -0.05) is 152 Å². The molecule has 0 bridgehead atoms. The predicted octanol–water partition coefficient (Wildman–Crippen LogP) is 17.5. The zero-order valence-electron chi connectivity index (χ0n) is 33.5. The van der Waals surface area contributed by atoms with Gasteiger partial charge in [-0.05, 0) is 94.4 Å². The summed E-state index contributed by atoms with van der Waals surface area (Å²) < 4.78 is 7.65. The van der Waals surface area contributed by atoms with Crippen molar-refractivity contribution in [3.05, 3.63) is 218 Å². The molecule has 0 spiro atoms. The summed E-state index contributed by atoms with van der Waals surface area (Å²) in [4.78, 5) is 2.47. The third-order valence-electron chi connectivity index (χ3n) is 12.6. The van der Waals surface area contributed by atoms with E-state index in [4.69, 9.17) is 0 Å². The summed E-state index contributed by atoms with van der Waals surface area (Å²) in [6, 6.07) is 80.4. The van der Waals surface area contributed by atoms with Crippen LogP contribution in [0.25, 0.3) is 101 Å². The Morgan fingerprint density at radius 3 is 1.92 bits per heavy atom. The van der Waals surface area contributed by atoms with Crippen molar-refractivity contribution in [2.24, 2.45) is 0 Å². The predicted molar refractivity (Wildman–Crippen MR) is 270 cm³/mol. The first kappa shape index (κ1) is 35.3. The molecule has 0 atom stereocenters. The number of hydrogen-bond acceptors (Lipinski definition) is 3. The lowest BCUT2D eigenvalue weighted by molar-refractivity contribution is 1.19. The molecule has 0 amide bonds. The quantitative estimate of drug-likeness (QED) is 0.162. The highest BCUT2D eigenvalue weighted by Gasteiger charge is 2.21. The molecule has 4 heteroatoms. The minimum Gasteiger partial charge on any atom is -0.310 e. The van der Waals surface area contributed by atoms with Crippen LogP contribution in [-0.4, -0.2) is 4.57 Å². The lowest BCUT2D eigenvalue weighted by atomic mass is 10.0. The molecule has 0 fully saturated rings. The van der Waals surface area contributed by atoms with Crippen molar-refractivity contribution in [2.45, 2.75) is 0 Å². The smallest absolute Gasteiger partial charge is 0.0619 e. The Balaban J connectivity index is 0.988. The Hall–Kier alpha value is -7.50. The van der Waals surface area contributed by atoms with Gasteiger partial charge in [0.15, 0.2) is 0 Å². The summed E-state index contributed by atoms with van der Waals surface area (Å²) in [5.74, 6) is 0. The SMILES string of the molecule is c1ccc(-c2cccc3c2sc2ccc(N(c4ccc(-c5ccc6c7ccc8ccccc8c7n(-c7ccccc7)c6c5)cc4)c4cccc5sc6ccccc6c45)cc23)cc1. The number of anilines is 3. The standard InChI is InChI=1S/C58H36N2S2/c1-3-13-38(14-4-1)45-20-11-21-48-50-36-43(31-34-54(50)62-58(45)48)59(51-22-12-24-55-56(51)49-19-9-10-23-53(49)61-55)42-29-25-37(26-30-42)40-28-32-46-47-33-27-39-15-7-8-18-44(39)57(47)60(52(46)35-40)41-16-5-2-6-17-41/h1-36H. The average molecular weight is 825 g/mol. The van der Waals surface area contributed by atoms with E-state index in [-0.39, 0.29) is 0 Å². The summed E-state index contributed by atoms with van der Waals surface area (Å²) in [6.45, 7) is 0. The molecular weight excluding hydrogens is 789 g/mol. The normalized spacial score (nSPS) is 11.9. The van der Waals surface area contributed by atoms with Crippen LogP contribution in [0.15, 0.2) is 218 Å². The number of aromatic nitrogens is 1. The number of thiophene rings is 2. The monoisotopic (exact) mass is 824 g/mol. The van der Waals surface area contributed by atoms with Gasteiger partial charge < -0.3 is 9.47 Å². The zero-order valence-corrected chi connectivity index (χ0v) is 35.1. The Bertz CT molecular complexity index is 3860. The second-order valence-corrected chi connectivity index (χ2v) is 18.2. The van der Waals surface area contributed by atoms with E-state index >= 15 is 0 Å². The van der Waals surface area contributed by atoms with Crippen LogP contribution >= 0.6 is 22.7 Å². The van der Waals surface area contributed by atoms with Crippen molar-refractivity contribution in [1.82, 2.24) is 4.57 Å². The fourth-order valence-corrected chi connectivity index (χ4v) is 12.1. The summed E-state index contributed by atoms with van der Waals surface area (Å²) >= 11 is 3.75. The molecule has 10 aromatic carbocycles. The Kier molecular flexibility index (Phi) is 7.99. The number of rotatable bonds is 6. The van der Waals surface area contributed by atoms with E-state index in [1.54, 1.807) is 0 Å². The summed E-state index contributed by atoms with van der Waals surface area (Å²) in [5.41, 5.74) is 11.9. The van der Waals surface area contributed by atoms with Gasteiger partial charge in [0.2, 0.25) is 0 Å². The van der Waals surface area contributed by atoms with Crippen molar-refractivity contribution in [2.75, 3.05) is 4.90 Å². The molecule has 13 rings (SSSR count). The van der Waals surface area contributed by atoms with E-state index in [2.05, 4.69) is 228 Å². The maximum atomic E-state index is 2.47. The van der Waals surface area contributed by atoms with Crippen molar-refractivity contribution < 1.29 is 0 Å².